The van der Waals surface area contributed by atoms with Crippen molar-refractivity contribution in [2.45, 2.75) is 64.2 Å². The highest BCUT2D eigenvalue weighted by atomic mass is 16.5. The molecule has 124 valence electrons. The summed E-state index contributed by atoms with van der Waals surface area (Å²) in [6.07, 6.45) is 2.42. The van der Waals surface area contributed by atoms with Gasteiger partial charge in [-0.25, -0.2) is 4.79 Å². The second kappa shape index (κ2) is 9.30. The maximum atomic E-state index is 12.1. The van der Waals surface area contributed by atoms with Crippen LogP contribution in [0.5, 0.6) is 0 Å². The maximum absolute atomic E-state index is 12.1. The lowest BCUT2D eigenvalue weighted by atomic mass is 10.1. The monoisotopic (exact) mass is 312 g/mol. The molecule has 1 aliphatic rings. The number of ether oxygens (including phenoxy) is 2. The van der Waals surface area contributed by atoms with Gasteiger partial charge in [0.1, 0.15) is 12.1 Å². The molecule has 1 saturated heterocycles. The van der Waals surface area contributed by atoms with Crippen molar-refractivity contribution in [2.75, 3.05) is 6.61 Å². The molecule has 0 aromatic heterocycles. The molecule has 0 spiro atoms. The second-order valence-corrected chi connectivity index (χ2v) is 5.55. The van der Waals surface area contributed by atoms with Crippen molar-refractivity contribution in [2.24, 2.45) is 0 Å². The molecule has 0 aromatic carbocycles. The van der Waals surface area contributed by atoms with E-state index in [0.29, 0.717) is 19.2 Å². The lowest BCUT2D eigenvalue weighted by molar-refractivity contribution is -0.153. The number of nitrogens with one attached hydrogen (secondary N) is 2. The highest BCUT2D eigenvalue weighted by molar-refractivity contribution is 6.26. The Morgan fingerprint density at radius 2 is 2.09 bits per heavy atom. The molecule has 1 heterocycles. The van der Waals surface area contributed by atoms with Gasteiger partial charge in [-0.1, -0.05) is 0 Å². The predicted molar refractivity (Wildman–Crippen MR) is 79.8 cm³/mol. The number of hydrogen-bond acceptors (Lipinski definition) is 6. The molecule has 1 aliphatic heterocycles. The largest absolute Gasteiger partial charge is 0.461 e. The number of hydrogen-bond donors (Lipinski definition) is 2. The predicted octanol–water partition coefficient (Wildman–Crippen LogP) is 0.991. The van der Waals surface area contributed by atoms with Crippen LogP contribution in [0.15, 0.2) is 0 Å². The molecule has 2 N–H and O–H groups in total. The van der Waals surface area contributed by atoms with Gasteiger partial charge < -0.3 is 20.2 Å². The van der Waals surface area contributed by atoms with E-state index in [0.717, 1.165) is 12.8 Å². The first-order chi connectivity index (χ1) is 10.4. The second-order valence-electron chi connectivity index (χ2n) is 5.55. The van der Waals surface area contributed by atoms with Crippen LogP contribution in [0.25, 0.3) is 0 Å². The van der Waals surface area contributed by atoms with Crippen LogP contribution in [0, 0.1) is 5.41 Å². The Kier molecular flexibility index (Phi) is 7.73. The van der Waals surface area contributed by atoms with Crippen LogP contribution in [0.2, 0.25) is 0 Å². The smallest absolute Gasteiger partial charge is 0.328 e. The first-order valence-electron chi connectivity index (χ1n) is 7.59. The number of rotatable bonds is 8. The summed E-state index contributed by atoms with van der Waals surface area (Å²) >= 11 is 0. The lowest BCUT2D eigenvalue weighted by Crippen LogP contribution is -2.48. The van der Waals surface area contributed by atoms with E-state index in [9.17, 15) is 14.4 Å². The quantitative estimate of drug-likeness (QED) is 0.513. The van der Waals surface area contributed by atoms with Crippen LogP contribution < -0.4 is 5.32 Å². The van der Waals surface area contributed by atoms with Crippen LogP contribution in [-0.4, -0.2) is 48.7 Å². The van der Waals surface area contributed by atoms with Gasteiger partial charge >= 0.3 is 5.97 Å². The first-order valence-corrected chi connectivity index (χ1v) is 7.59. The van der Waals surface area contributed by atoms with Crippen molar-refractivity contribution in [3.63, 3.8) is 0 Å². The average molecular weight is 312 g/mol. The highest BCUT2D eigenvalue weighted by Crippen LogP contribution is 2.13. The van der Waals surface area contributed by atoms with Crippen molar-refractivity contribution < 1.29 is 23.9 Å². The normalized spacial score (nSPS) is 19.3. The summed E-state index contributed by atoms with van der Waals surface area (Å²) in [6, 6.07) is -0.899. The summed E-state index contributed by atoms with van der Waals surface area (Å²) in [4.78, 5) is 35.4. The number of amides is 1. The minimum Gasteiger partial charge on any atom is -0.461 e. The fourth-order valence-electron chi connectivity index (χ4n) is 2.13. The number of Topliss-reactive ketones (excluding diaryl/α,β-unsaturated/α-hetero) is 1. The van der Waals surface area contributed by atoms with E-state index >= 15 is 0 Å². The third-order valence-corrected chi connectivity index (χ3v) is 3.27. The third-order valence-electron chi connectivity index (χ3n) is 3.27. The molecule has 22 heavy (non-hydrogen) atoms. The first kappa shape index (κ1) is 18.3. The van der Waals surface area contributed by atoms with Crippen LogP contribution >= 0.6 is 0 Å². The minimum absolute atomic E-state index is 0.00711. The molecule has 1 fully saturated rings. The Morgan fingerprint density at radius 1 is 1.36 bits per heavy atom. The van der Waals surface area contributed by atoms with Crippen molar-refractivity contribution in [1.82, 2.24) is 5.32 Å². The summed E-state index contributed by atoms with van der Waals surface area (Å²) in [5.74, 6) is -1.32. The van der Waals surface area contributed by atoms with Gasteiger partial charge in [0.05, 0.1) is 12.3 Å². The molecule has 2 atom stereocenters. The molecule has 7 heteroatoms. The zero-order chi connectivity index (χ0) is 16.5. The van der Waals surface area contributed by atoms with Gasteiger partial charge in [0, 0.05) is 13.0 Å². The summed E-state index contributed by atoms with van der Waals surface area (Å²) in [6.45, 7) is 3.96. The number of ketones is 1. The molecular weight excluding hydrogens is 288 g/mol. The van der Waals surface area contributed by atoms with E-state index in [1.165, 1.54) is 0 Å². The van der Waals surface area contributed by atoms with Crippen molar-refractivity contribution in [3.8, 4) is 0 Å². The summed E-state index contributed by atoms with van der Waals surface area (Å²) in [5, 5.41) is 9.48. The summed E-state index contributed by atoms with van der Waals surface area (Å²) < 4.78 is 10.5. The molecule has 1 unspecified atom stereocenters. The molecular formula is C15H24N2O5. The molecule has 0 aromatic rings. The topological polar surface area (TPSA) is 106 Å². The van der Waals surface area contributed by atoms with Gasteiger partial charge in [0.15, 0.2) is 5.78 Å². The van der Waals surface area contributed by atoms with Gasteiger partial charge in [-0.2, -0.15) is 0 Å². The van der Waals surface area contributed by atoms with Crippen LogP contribution in [-0.2, 0) is 23.9 Å². The average Bonchev–Trinajstić information content (AvgIpc) is 2.50. The van der Waals surface area contributed by atoms with E-state index in [1.807, 2.05) is 0 Å². The minimum atomic E-state index is -0.899. The van der Waals surface area contributed by atoms with Gasteiger partial charge in [-0.3, -0.25) is 9.59 Å². The third kappa shape index (κ3) is 6.34. The molecule has 0 aliphatic carbocycles. The standard InChI is InChI=1S/C15H24N2O5/c1-10(2)22-15(20)12(7-6-11(18)9-16)17-14(19)13-5-3-4-8-21-13/h9-10,12-13,16H,3-8H2,1-2H3,(H,17,19)/t12-,13?/m0/s1. The Hall–Kier alpha value is -1.76. The molecule has 1 amide bonds. The Bertz CT molecular complexity index is 416. The molecule has 1 rings (SSSR count). The number of esters is 1. The van der Waals surface area contributed by atoms with Gasteiger partial charge in [0.25, 0.3) is 0 Å². The summed E-state index contributed by atoms with van der Waals surface area (Å²) in [7, 11) is 0. The highest BCUT2D eigenvalue weighted by Gasteiger charge is 2.28. The molecule has 0 radical (unpaired) electrons. The van der Waals surface area contributed by atoms with Crippen LogP contribution in [0.3, 0.4) is 0 Å². The van der Waals surface area contributed by atoms with Gasteiger partial charge in [0.2, 0.25) is 5.91 Å². The Morgan fingerprint density at radius 3 is 2.64 bits per heavy atom. The van der Waals surface area contributed by atoms with E-state index in [4.69, 9.17) is 14.9 Å². The molecule has 7 nitrogen and oxygen atoms in total. The van der Waals surface area contributed by atoms with Crippen molar-refractivity contribution in [3.05, 3.63) is 0 Å². The summed E-state index contributed by atoms with van der Waals surface area (Å²) in [5.41, 5.74) is 0. The fraction of sp³-hybridized carbons (Fsp3) is 0.733. The van der Waals surface area contributed by atoms with E-state index in [-0.39, 0.29) is 24.9 Å². The van der Waals surface area contributed by atoms with E-state index < -0.39 is 23.9 Å². The lowest BCUT2D eigenvalue weighted by Gasteiger charge is -2.25. The van der Waals surface area contributed by atoms with Crippen LogP contribution in [0.1, 0.15) is 46.0 Å². The Labute approximate surface area is 130 Å². The maximum Gasteiger partial charge on any atom is 0.328 e. The number of carbonyl (C=O) groups is 3. The van der Waals surface area contributed by atoms with Gasteiger partial charge in [-0.15, -0.1) is 0 Å². The fourth-order valence-corrected chi connectivity index (χ4v) is 2.13. The van der Waals surface area contributed by atoms with Crippen molar-refractivity contribution in [1.29, 1.82) is 5.41 Å². The zero-order valence-electron chi connectivity index (χ0n) is 13.1. The van der Waals surface area contributed by atoms with Gasteiger partial charge in [-0.05, 0) is 39.5 Å². The number of carbonyl (C=O) groups excluding carboxylic acids is 3. The zero-order valence-corrected chi connectivity index (χ0v) is 13.1. The van der Waals surface area contributed by atoms with E-state index in [1.54, 1.807) is 13.8 Å². The molecule has 0 saturated carbocycles. The Balaban J connectivity index is 2.62. The van der Waals surface area contributed by atoms with Crippen LogP contribution in [0.4, 0.5) is 0 Å². The molecule has 0 bridgehead atoms. The SMILES string of the molecule is CC(C)OC(=O)[C@H](CCC(=O)C=N)NC(=O)C1CCCCO1. The van der Waals surface area contributed by atoms with E-state index in [2.05, 4.69) is 5.32 Å². The van der Waals surface area contributed by atoms with Crippen molar-refractivity contribution >= 4 is 23.9 Å².